The van der Waals surface area contributed by atoms with Gasteiger partial charge in [-0.1, -0.05) is 6.92 Å². The number of hydrogen-bond donors (Lipinski definition) is 1. The second-order valence-corrected chi connectivity index (χ2v) is 6.41. The van der Waals surface area contributed by atoms with Crippen molar-refractivity contribution in [2.45, 2.75) is 53.6 Å². The highest BCUT2D eigenvalue weighted by molar-refractivity contribution is 7.12. The molecule has 2 rings (SSSR count). The first-order chi connectivity index (χ1) is 9.02. The molecule has 104 valence electrons. The number of rotatable bonds is 5. The van der Waals surface area contributed by atoms with Crippen molar-refractivity contribution >= 4 is 17.0 Å². The Labute approximate surface area is 119 Å². The molecular formula is C15H23N3S. The SMILES string of the molecule is CCc1ccc(CNc2c(C)nn(C(C)C)c2C)s1. The van der Waals surface area contributed by atoms with E-state index in [2.05, 4.69) is 61.8 Å². The van der Waals surface area contributed by atoms with Gasteiger partial charge in [0.2, 0.25) is 0 Å². The van der Waals surface area contributed by atoms with Crippen molar-refractivity contribution in [2.24, 2.45) is 0 Å². The Hall–Kier alpha value is -1.29. The molecule has 19 heavy (non-hydrogen) atoms. The minimum Gasteiger partial charge on any atom is -0.377 e. The maximum absolute atomic E-state index is 4.60. The third-order valence-corrected chi connectivity index (χ3v) is 4.55. The van der Waals surface area contributed by atoms with Crippen molar-refractivity contribution < 1.29 is 0 Å². The zero-order valence-electron chi connectivity index (χ0n) is 12.4. The van der Waals surface area contributed by atoms with Crippen LogP contribution in [0.15, 0.2) is 12.1 Å². The monoisotopic (exact) mass is 277 g/mol. The summed E-state index contributed by atoms with van der Waals surface area (Å²) in [7, 11) is 0. The molecule has 0 bridgehead atoms. The van der Waals surface area contributed by atoms with E-state index in [1.54, 1.807) is 0 Å². The molecule has 2 aromatic rings. The fraction of sp³-hybridized carbons (Fsp3) is 0.533. The Morgan fingerprint density at radius 2 is 1.95 bits per heavy atom. The molecule has 2 heterocycles. The summed E-state index contributed by atoms with van der Waals surface area (Å²) in [6.45, 7) is 11.6. The fourth-order valence-electron chi connectivity index (χ4n) is 2.30. The van der Waals surface area contributed by atoms with E-state index in [1.807, 2.05) is 11.3 Å². The molecule has 0 aliphatic heterocycles. The van der Waals surface area contributed by atoms with Gasteiger partial charge in [-0.05, 0) is 46.2 Å². The average molecular weight is 277 g/mol. The van der Waals surface area contributed by atoms with Crippen LogP contribution in [0.3, 0.4) is 0 Å². The summed E-state index contributed by atoms with van der Waals surface area (Å²) in [6.07, 6.45) is 1.12. The molecule has 0 saturated carbocycles. The zero-order valence-corrected chi connectivity index (χ0v) is 13.3. The van der Waals surface area contributed by atoms with E-state index in [4.69, 9.17) is 0 Å². The minimum atomic E-state index is 0.405. The highest BCUT2D eigenvalue weighted by Crippen LogP contribution is 2.24. The van der Waals surface area contributed by atoms with Gasteiger partial charge < -0.3 is 5.32 Å². The maximum Gasteiger partial charge on any atom is 0.0828 e. The molecule has 0 aromatic carbocycles. The number of nitrogens with one attached hydrogen (secondary N) is 1. The van der Waals surface area contributed by atoms with E-state index in [-0.39, 0.29) is 0 Å². The lowest BCUT2D eigenvalue weighted by Gasteiger charge is -2.09. The Bertz CT molecular complexity index is 552. The van der Waals surface area contributed by atoms with Gasteiger partial charge in [0.15, 0.2) is 0 Å². The van der Waals surface area contributed by atoms with Gasteiger partial charge in [0.05, 0.1) is 17.1 Å². The molecule has 0 spiro atoms. The third-order valence-electron chi connectivity index (χ3n) is 3.32. The first-order valence-electron chi connectivity index (χ1n) is 6.90. The minimum absolute atomic E-state index is 0.405. The number of hydrogen-bond acceptors (Lipinski definition) is 3. The maximum atomic E-state index is 4.60. The van der Waals surface area contributed by atoms with Crippen LogP contribution in [0.25, 0.3) is 0 Å². The summed E-state index contributed by atoms with van der Waals surface area (Å²) in [5.41, 5.74) is 3.48. The topological polar surface area (TPSA) is 29.9 Å². The van der Waals surface area contributed by atoms with E-state index in [0.717, 1.165) is 18.7 Å². The van der Waals surface area contributed by atoms with Crippen molar-refractivity contribution in [3.05, 3.63) is 33.3 Å². The van der Waals surface area contributed by atoms with Gasteiger partial charge in [0.1, 0.15) is 0 Å². The van der Waals surface area contributed by atoms with Crippen LogP contribution >= 0.6 is 11.3 Å². The molecule has 1 N–H and O–H groups in total. The molecule has 0 aliphatic rings. The van der Waals surface area contributed by atoms with Crippen LogP contribution in [0.5, 0.6) is 0 Å². The second kappa shape index (κ2) is 5.78. The predicted molar refractivity (Wildman–Crippen MR) is 83.1 cm³/mol. The Balaban J connectivity index is 2.11. The molecule has 0 amide bonds. The number of aromatic nitrogens is 2. The molecule has 0 unspecified atom stereocenters. The van der Waals surface area contributed by atoms with Gasteiger partial charge in [-0.3, -0.25) is 4.68 Å². The lowest BCUT2D eigenvalue weighted by Crippen LogP contribution is -2.05. The first kappa shape index (κ1) is 14.1. The van der Waals surface area contributed by atoms with Gasteiger partial charge in [-0.15, -0.1) is 11.3 Å². The van der Waals surface area contributed by atoms with Crippen LogP contribution in [0.1, 0.15) is 48.0 Å². The van der Waals surface area contributed by atoms with E-state index in [9.17, 15) is 0 Å². The van der Waals surface area contributed by atoms with Gasteiger partial charge in [0, 0.05) is 22.3 Å². The first-order valence-corrected chi connectivity index (χ1v) is 7.71. The molecule has 0 aliphatic carbocycles. The molecule has 0 fully saturated rings. The van der Waals surface area contributed by atoms with Gasteiger partial charge in [-0.25, -0.2) is 0 Å². The molecular weight excluding hydrogens is 254 g/mol. The Morgan fingerprint density at radius 1 is 1.26 bits per heavy atom. The quantitative estimate of drug-likeness (QED) is 0.882. The lowest BCUT2D eigenvalue weighted by molar-refractivity contribution is 0.516. The summed E-state index contributed by atoms with van der Waals surface area (Å²) in [6, 6.07) is 4.84. The molecule has 4 heteroatoms. The highest BCUT2D eigenvalue weighted by atomic mass is 32.1. The summed E-state index contributed by atoms with van der Waals surface area (Å²) >= 11 is 1.89. The normalized spacial score (nSPS) is 11.3. The fourth-order valence-corrected chi connectivity index (χ4v) is 3.20. The van der Waals surface area contributed by atoms with E-state index in [0.29, 0.717) is 6.04 Å². The number of anilines is 1. The molecule has 2 aromatic heterocycles. The lowest BCUT2D eigenvalue weighted by atomic mass is 10.3. The zero-order chi connectivity index (χ0) is 14.0. The van der Waals surface area contributed by atoms with Crippen LogP contribution in [-0.4, -0.2) is 9.78 Å². The van der Waals surface area contributed by atoms with Crippen LogP contribution in [0.4, 0.5) is 5.69 Å². The van der Waals surface area contributed by atoms with Crippen molar-refractivity contribution in [2.75, 3.05) is 5.32 Å². The average Bonchev–Trinajstić information content (AvgIpc) is 2.93. The van der Waals surface area contributed by atoms with Gasteiger partial charge in [-0.2, -0.15) is 5.10 Å². The second-order valence-electron chi connectivity index (χ2n) is 5.16. The number of thiophene rings is 1. The van der Waals surface area contributed by atoms with Crippen molar-refractivity contribution in [3.8, 4) is 0 Å². The summed E-state index contributed by atoms with van der Waals surface area (Å²) in [4.78, 5) is 2.83. The van der Waals surface area contributed by atoms with Crippen molar-refractivity contribution in [3.63, 3.8) is 0 Å². The van der Waals surface area contributed by atoms with Gasteiger partial charge in [0.25, 0.3) is 0 Å². The molecule has 0 radical (unpaired) electrons. The smallest absolute Gasteiger partial charge is 0.0828 e. The van der Waals surface area contributed by atoms with Crippen LogP contribution < -0.4 is 5.32 Å². The number of nitrogens with zero attached hydrogens (tertiary/aromatic N) is 2. The van der Waals surface area contributed by atoms with Crippen LogP contribution in [0, 0.1) is 13.8 Å². The molecule has 3 nitrogen and oxygen atoms in total. The Kier molecular flexibility index (Phi) is 4.30. The summed E-state index contributed by atoms with van der Waals surface area (Å²) in [5.74, 6) is 0. The van der Waals surface area contributed by atoms with Crippen LogP contribution in [0.2, 0.25) is 0 Å². The summed E-state index contributed by atoms with van der Waals surface area (Å²) in [5, 5.41) is 8.14. The largest absolute Gasteiger partial charge is 0.377 e. The molecule has 0 saturated heterocycles. The summed E-state index contributed by atoms with van der Waals surface area (Å²) < 4.78 is 2.09. The Morgan fingerprint density at radius 3 is 2.47 bits per heavy atom. The van der Waals surface area contributed by atoms with E-state index >= 15 is 0 Å². The predicted octanol–water partition coefficient (Wildman–Crippen LogP) is 4.32. The van der Waals surface area contributed by atoms with E-state index in [1.165, 1.54) is 21.1 Å². The van der Waals surface area contributed by atoms with Gasteiger partial charge >= 0.3 is 0 Å². The van der Waals surface area contributed by atoms with Crippen LogP contribution in [-0.2, 0) is 13.0 Å². The van der Waals surface area contributed by atoms with Crippen molar-refractivity contribution in [1.29, 1.82) is 0 Å². The molecule has 0 atom stereocenters. The standard InChI is InChI=1S/C15H23N3S/c1-6-13-7-8-14(19-13)9-16-15-11(4)17-18(10(2)3)12(15)5/h7-8,10,16H,6,9H2,1-5H3. The van der Waals surface area contributed by atoms with E-state index < -0.39 is 0 Å². The number of aryl methyl sites for hydroxylation is 2. The third kappa shape index (κ3) is 3.00. The van der Waals surface area contributed by atoms with Crippen molar-refractivity contribution in [1.82, 2.24) is 9.78 Å². The highest BCUT2D eigenvalue weighted by Gasteiger charge is 2.13.